The van der Waals surface area contributed by atoms with Crippen LogP contribution in [-0.2, 0) is 16.2 Å². The maximum atomic E-state index is 12.8. The van der Waals surface area contributed by atoms with Crippen molar-refractivity contribution in [3.63, 3.8) is 0 Å². The van der Waals surface area contributed by atoms with Gasteiger partial charge < -0.3 is 9.47 Å². The summed E-state index contributed by atoms with van der Waals surface area (Å²) in [6, 6.07) is 8.83. The summed E-state index contributed by atoms with van der Waals surface area (Å²) in [5.41, 5.74) is 1.48. The van der Waals surface area contributed by atoms with Crippen LogP contribution in [0.5, 0.6) is 11.5 Å². The minimum atomic E-state index is -0.269. The number of allylic oxidation sites excluding steroid dienone is 2. The number of nitrogens with zero attached hydrogens (tertiary/aromatic N) is 2. The lowest BCUT2D eigenvalue weighted by molar-refractivity contribution is -0.140. The molecule has 2 aromatic rings. The SMILES string of the molecule is COc1cc(C=NN2C(=O)[C@@H]3[C@H](C2=O)[C@H]2C=C[C@H]3C2)cc(I)c1OCc1ccc(Cl)cc1Cl. The Morgan fingerprint density at radius 2 is 1.82 bits per heavy atom. The van der Waals surface area contributed by atoms with Gasteiger partial charge in [0.2, 0.25) is 0 Å². The Labute approximate surface area is 214 Å². The number of hydrazone groups is 1. The van der Waals surface area contributed by atoms with Crippen molar-refractivity contribution in [2.75, 3.05) is 7.11 Å². The van der Waals surface area contributed by atoms with E-state index in [2.05, 4.69) is 39.8 Å². The van der Waals surface area contributed by atoms with Crippen LogP contribution >= 0.6 is 45.8 Å². The molecule has 3 aliphatic rings. The van der Waals surface area contributed by atoms with Gasteiger partial charge in [0.15, 0.2) is 11.5 Å². The number of halogens is 3. The molecule has 2 aliphatic carbocycles. The summed E-state index contributed by atoms with van der Waals surface area (Å²) in [6.07, 6.45) is 6.53. The van der Waals surface area contributed by atoms with E-state index in [-0.39, 0.29) is 42.1 Å². The van der Waals surface area contributed by atoms with Crippen LogP contribution in [0.15, 0.2) is 47.6 Å². The highest BCUT2D eigenvalue weighted by Gasteiger charge is 2.59. The van der Waals surface area contributed by atoms with E-state index in [9.17, 15) is 9.59 Å². The molecule has 5 rings (SSSR count). The molecule has 1 aliphatic heterocycles. The summed E-state index contributed by atoms with van der Waals surface area (Å²) in [7, 11) is 1.55. The lowest BCUT2D eigenvalue weighted by Gasteiger charge is -2.15. The Kier molecular flexibility index (Phi) is 6.13. The van der Waals surface area contributed by atoms with Crippen LogP contribution in [0.4, 0.5) is 0 Å². The van der Waals surface area contributed by atoms with Crippen LogP contribution in [0, 0.1) is 27.2 Å². The number of ether oxygens (including phenoxy) is 2. The first-order chi connectivity index (χ1) is 15.9. The molecular weight excluding hydrogens is 578 g/mol. The molecule has 1 saturated carbocycles. The number of fused-ring (bicyclic) bond motifs is 5. The molecule has 0 radical (unpaired) electrons. The largest absolute Gasteiger partial charge is 0.493 e. The minimum absolute atomic E-state index is 0.156. The van der Waals surface area contributed by atoms with Gasteiger partial charge in [-0.05, 0) is 70.7 Å². The van der Waals surface area contributed by atoms with Gasteiger partial charge in [0.05, 0.1) is 28.7 Å². The lowest BCUT2D eigenvalue weighted by atomic mass is 9.85. The van der Waals surface area contributed by atoms with Gasteiger partial charge in [-0.2, -0.15) is 10.1 Å². The van der Waals surface area contributed by atoms with Crippen molar-refractivity contribution in [2.24, 2.45) is 28.8 Å². The molecule has 1 saturated heterocycles. The minimum Gasteiger partial charge on any atom is -0.493 e. The van der Waals surface area contributed by atoms with Gasteiger partial charge >= 0.3 is 0 Å². The van der Waals surface area contributed by atoms with Crippen LogP contribution in [0.1, 0.15) is 17.5 Å². The highest BCUT2D eigenvalue weighted by Crippen LogP contribution is 2.52. The highest BCUT2D eigenvalue weighted by molar-refractivity contribution is 14.1. The van der Waals surface area contributed by atoms with Crippen molar-refractivity contribution >= 4 is 63.8 Å². The van der Waals surface area contributed by atoms with Crippen LogP contribution < -0.4 is 9.47 Å². The van der Waals surface area contributed by atoms with Gasteiger partial charge in [0.1, 0.15) is 6.61 Å². The van der Waals surface area contributed by atoms with E-state index in [0.29, 0.717) is 27.1 Å². The highest BCUT2D eigenvalue weighted by atomic mass is 127. The first-order valence-electron chi connectivity index (χ1n) is 10.4. The predicted octanol–water partition coefficient (Wildman–Crippen LogP) is 5.33. The number of carbonyl (C=O) groups excluding carboxylic acids is 2. The van der Waals surface area contributed by atoms with E-state index < -0.39 is 0 Å². The number of carbonyl (C=O) groups is 2. The maximum Gasteiger partial charge on any atom is 0.254 e. The van der Waals surface area contributed by atoms with Crippen molar-refractivity contribution in [2.45, 2.75) is 13.0 Å². The molecule has 0 aromatic heterocycles. The molecular formula is C24H19Cl2IN2O4. The van der Waals surface area contributed by atoms with Gasteiger partial charge in [-0.15, -0.1) is 0 Å². The lowest BCUT2D eigenvalue weighted by Crippen LogP contribution is -2.28. The van der Waals surface area contributed by atoms with E-state index in [1.807, 2.05) is 12.1 Å². The van der Waals surface area contributed by atoms with E-state index in [1.54, 1.807) is 25.3 Å². The average Bonchev–Trinajstić information content (AvgIpc) is 3.46. The summed E-state index contributed by atoms with van der Waals surface area (Å²) in [4.78, 5) is 25.6. The first-order valence-corrected chi connectivity index (χ1v) is 12.2. The standard InChI is InChI=1S/C24H19Cl2IN2O4/c1-32-19-7-12(6-18(27)22(19)33-11-15-4-5-16(25)9-17(15)26)10-28-29-23(30)20-13-2-3-14(8-13)21(20)24(29)31/h2-7,9-10,13-14,20-21H,8,11H2,1H3/t13-,14-,20-,21+/m0/s1. The maximum absolute atomic E-state index is 12.8. The van der Waals surface area contributed by atoms with Crippen LogP contribution in [0.2, 0.25) is 10.0 Å². The smallest absolute Gasteiger partial charge is 0.254 e. The molecule has 2 bridgehead atoms. The third-order valence-electron chi connectivity index (χ3n) is 6.41. The predicted molar refractivity (Wildman–Crippen MR) is 134 cm³/mol. The third kappa shape index (κ3) is 4.04. The van der Waals surface area contributed by atoms with Crippen molar-refractivity contribution < 1.29 is 19.1 Å². The fraction of sp³-hybridized carbons (Fsp3) is 0.292. The molecule has 2 aromatic carbocycles. The molecule has 2 fully saturated rings. The summed E-state index contributed by atoms with van der Waals surface area (Å²) >= 11 is 14.3. The number of methoxy groups -OCH3 is 1. The second kappa shape index (κ2) is 8.92. The Morgan fingerprint density at radius 1 is 1.12 bits per heavy atom. The first kappa shape index (κ1) is 22.7. The molecule has 33 heavy (non-hydrogen) atoms. The molecule has 0 spiro atoms. The number of benzene rings is 2. The van der Waals surface area contributed by atoms with Crippen molar-refractivity contribution in [3.05, 3.63) is 67.2 Å². The van der Waals surface area contributed by atoms with E-state index in [1.165, 1.54) is 6.21 Å². The summed E-state index contributed by atoms with van der Waals surface area (Å²) in [5, 5.41) is 6.36. The zero-order valence-electron chi connectivity index (χ0n) is 17.5. The van der Waals surface area contributed by atoms with Crippen LogP contribution in [0.3, 0.4) is 0 Å². The third-order valence-corrected chi connectivity index (χ3v) is 7.80. The monoisotopic (exact) mass is 596 g/mol. The number of hydrogen-bond acceptors (Lipinski definition) is 5. The Morgan fingerprint density at radius 3 is 2.45 bits per heavy atom. The van der Waals surface area contributed by atoms with E-state index in [4.69, 9.17) is 32.7 Å². The molecule has 170 valence electrons. The molecule has 1 heterocycles. The second-order valence-corrected chi connectivity index (χ2v) is 10.3. The van der Waals surface area contributed by atoms with Crippen LogP contribution in [0.25, 0.3) is 0 Å². The second-order valence-electron chi connectivity index (χ2n) is 8.29. The number of imide groups is 1. The van der Waals surface area contributed by atoms with Crippen molar-refractivity contribution in [1.82, 2.24) is 5.01 Å². The van der Waals surface area contributed by atoms with Crippen molar-refractivity contribution in [1.29, 1.82) is 0 Å². The summed E-state index contributed by atoms with van der Waals surface area (Å²) in [6.45, 7) is 0.242. The van der Waals surface area contributed by atoms with Gasteiger partial charge in [-0.25, -0.2) is 0 Å². The van der Waals surface area contributed by atoms with Crippen LogP contribution in [-0.4, -0.2) is 30.1 Å². The number of hydrogen-bond donors (Lipinski definition) is 0. The van der Waals surface area contributed by atoms with E-state index in [0.717, 1.165) is 20.6 Å². The van der Waals surface area contributed by atoms with Gasteiger partial charge in [0.25, 0.3) is 11.8 Å². The molecule has 6 nitrogen and oxygen atoms in total. The Bertz CT molecular complexity index is 1190. The normalized spacial score (nSPS) is 25.4. The molecule has 2 amide bonds. The average molecular weight is 597 g/mol. The zero-order valence-corrected chi connectivity index (χ0v) is 21.2. The number of amides is 2. The van der Waals surface area contributed by atoms with Crippen molar-refractivity contribution in [3.8, 4) is 11.5 Å². The Hall–Kier alpha value is -2.10. The Balaban J connectivity index is 1.33. The molecule has 4 atom stereocenters. The molecule has 0 unspecified atom stereocenters. The summed E-state index contributed by atoms with van der Waals surface area (Å²) in [5.74, 6) is 0.425. The van der Waals surface area contributed by atoms with Gasteiger partial charge in [0, 0.05) is 15.6 Å². The molecule has 0 N–H and O–H groups in total. The summed E-state index contributed by atoms with van der Waals surface area (Å²) < 4.78 is 12.3. The van der Waals surface area contributed by atoms with Gasteiger partial charge in [-0.3, -0.25) is 9.59 Å². The topological polar surface area (TPSA) is 68.2 Å². The van der Waals surface area contributed by atoms with E-state index >= 15 is 0 Å². The quantitative estimate of drug-likeness (QED) is 0.196. The zero-order chi connectivity index (χ0) is 23.3. The fourth-order valence-corrected chi connectivity index (χ4v) is 6.11. The number of rotatable bonds is 6. The molecule has 9 heteroatoms. The fourth-order valence-electron chi connectivity index (χ4n) is 4.87. The van der Waals surface area contributed by atoms with Gasteiger partial charge in [-0.1, -0.05) is 41.4 Å².